The molecule has 0 spiro atoms. The number of hydrogen-bond acceptors (Lipinski definition) is 2. The van der Waals surface area contributed by atoms with Gasteiger partial charge < -0.3 is 9.84 Å². The fraction of sp³-hybridized carbons (Fsp3) is 0.926. The highest BCUT2D eigenvalue weighted by Gasteiger charge is 2.59. The number of fused-ring (bicyclic) bond motifs is 5. The van der Waals surface area contributed by atoms with Crippen LogP contribution in [0.4, 0.5) is 0 Å². The van der Waals surface area contributed by atoms with E-state index in [1.165, 1.54) is 57.8 Å². The van der Waals surface area contributed by atoms with E-state index in [-0.39, 0.29) is 11.7 Å². The average molecular weight is 401 g/mol. The van der Waals surface area contributed by atoms with Gasteiger partial charge in [0, 0.05) is 0 Å². The molecule has 0 bridgehead atoms. The lowest BCUT2D eigenvalue weighted by Crippen LogP contribution is -2.50. The van der Waals surface area contributed by atoms with Gasteiger partial charge in [-0.1, -0.05) is 45.3 Å². The number of rotatable bonds is 5. The van der Waals surface area contributed by atoms with Crippen LogP contribution in [0.25, 0.3) is 0 Å². The van der Waals surface area contributed by atoms with Crippen LogP contribution in [0.1, 0.15) is 98.3 Å². The molecule has 1 aliphatic heterocycles. The minimum Gasteiger partial charge on any atom is -0.393 e. The van der Waals surface area contributed by atoms with E-state index in [4.69, 9.17) is 4.74 Å². The van der Waals surface area contributed by atoms with E-state index in [9.17, 15) is 5.11 Å². The summed E-state index contributed by atoms with van der Waals surface area (Å²) in [5, 5.41) is 10.2. The van der Waals surface area contributed by atoms with Crippen molar-refractivity contribution in [2.75, 3.05) is 6.61 Å². The van der Waals surface area contributed by atoms with E-state index in [2.05, 4.69) is 33.8 Å². The Morgan fingerprint density at radius 1 is 1.10 bits per heavy atom. The number of epoxide rings is 1. The number of aliphatic hydroxyl groups is 1. The van der Waals surface area contributed by atoms with E-state index >= 15 is 0 Å². The molecule has 29 heavy (non-hydrogen) atoms. The second-order valence-electron chi connectivity index (χ2n) is 12.5. The van der Waals surface area contributed by atoms with Crippen molar-refractivity contribution < 1.29 is 9.84 Å². The first-order valence-corrected chi connectivity index (χ1v) is 12.8. The van der Waals surface area contributed by atoms with E-state index < -0.39 is 0 Å². The Hall–Kier alpha value is -0.340. The standard InChI is InChI=1S/C27H44O2/c1-18(6-5-13-25(2)17-29-25)22-9-10-23-21-8-7-19-16-20(28)11-14-26(19,3)24(21)12-15-27(22,23)4/h7,18,20-24,28H,5-6,8-17H2,1-4H3/t18-,20+,21+,22-,23+,24+,25?,26+,27-/m1/s1. The van der Waals surface area contributed by atoms with Crippen LogP contribution in [-0.2, 0) is 4.74 Å². The highest BCUT2D eigenvalue weighted by molar-refractivity contribution is 5.25. The van der Waals surface area contributed by atoms with Gasteiger partial charge in [-0.15, -0.1) is 0 Å². The maximum absolute atomic E-state index is 10.2. The first kappa shape index (κ1) is 20.6. The maximum Gasteiger partial charge on any atom is 0.0888 e. The molecular weight excluding hydrogens is 356 g/mol. The van der Waals surface area contributed by atoms with Crippen molar-refractivity contribution in [1.82, 2.24) is 0 Å². The van der Waals surface area contributed by atoms with Gasteiger partial charge in [-0.25, -0.2) is 0 Å². The maximum atomic E-state index is 10.2. The molecule has 4 fully saturated rings. The van der Waals surface area contributed by atoms with E-state index in [1.54, 1.807) is 5.57 Å². The van der Waals surface area contributed by atoms with Crippen molar-refractivity contribution in [2.24, 2.45) is 40.4 Å². The fourth-order valence-electron chi connectivity index (χ4n) is 8.88. The van der Waals surface area contributed by atoms with Crippen molar-refractivity contribution >= 4 is 0 Å². The third-order valence-electron chi connectivity index (χ3n) is 10.8. The Balaban J connectivity index is 1.29. The molecule has 4 aliphatic carbocycles. The Bertz CT molecular complexity index is 663. The molecule has 1 saturated heterocycles. The molecule has 2 nitrogen and oxygen atoms in total. The van der Waals surface area contributed by atoms with Crippen LogP contribution in [-0.4, -0.2) is 23.4 Å². The van der Waals surface area contributed by atoms with Crippen LogP contribution in [0, 0.1) is 40.4 Å². The molecule has 0 aromatic carbocycles. The zero-order valence-corrected chi connectivity index (χ0v) is 19.4. The molecule has 0 aromatic heterocycles. The second kappa shape index (κ2) is 7.09. The fourth-order valence-corrected chi connectivity index (χ4v) is 8.88. The topological polar surface area (TPSA) is 32.8 Å². The van der Waals surface area contributed by atoms with Crippen LogP contribution in [0.15, 0.2) is 11.6 Å². The summed E-state index contributed by atoms with van der Waals surface area (Å²) < 4.78 is 5.61. The second-order valence-corrected chi connectivity index (χ2v) is 12.5. The smallest absolute Gasteiger partial charge is 0.0888 e. The van der Waals surface area contributed by atoms with E-state index in [0.717, 1.165) is 49.0 Å². The van der Waals surface area contributed by atoms with Gasteiger partial charge in [-0.3, -0.25) is 0 Å². The Labute approximate surface area is 178 Å². The summed E-state index contributed by atoms with van der Waals surface area (Å²) in [6.07, 6.45) is 16.8. The van der Waals surface area contributed by atoms with Crippen LogP contribution < -0.4 is 0 Å². The van der Waals surface area contributed by atoms with Crippen molar-refractivity contribution in [3.05, 3.63) is 11.6 Å². The number of allylic oxidation sites excluding steroid dienone is 1. The van der Waals surface area contributed by atoms with Gasteiger partial charge in [0.2, 0.25) is 0 Å². The molecule has 0 aromatic rings. The van der Waals surface area contributed by atoms with E-state index in [1.807, 2.05) is 0 Å². The summed E-state index contributed by atoms with van der Waals surface area (Å²) in [5.41, 5.74) is 2.79. The van der Waals surface area contributed by atoms with Crippen LogP contribution in [0.5, 0.6) is 0 Å². The summed E-state index contributed by atoms with van der Waals surface area (Å²) in [6.45, 7) is 11.1. The Morgan fingerprint density at radius 2 is 1.90 bits per heavy atom. The van der Waals surface area contributed by atoms with Gasteiger partial charge in [0.1, 0.15) is 0 Å². The summed E-state index contributed by atoms with van der Waals surface area (Å²) >= 11 is 0. The molecule has 3 saturated carbocycles. The molecule has 2 heteroatoms. The Kier molecular flexibility index (Phi) is 5.03. The van der Waals surface area contributed by atoms with Crippen LogP contribution in [0.2, 0.25) is 0 Å². The lowest BCUT2D eigenvalue weighted by Gasteiger charge is -2.58. The molecule has 1 N–H and O–H groups in total. The highest BCUT2D eigenvalue weighted by Crippen LogP contribution is 2.67. The quantitative estimate of drug-likeness (QED) is 0.421. The highest BCUT2D eigenvalue weighted by atomic mass is 16.6. The summed E-state index contributed by atoms with van der Waals surface area (Å²) in [7, 11) is 0. The van der Waals surface area contributed by atoms with Crippen molar-refractivity contribution in [2.45, 2.75) is 110 Å². The van der Waals surface area contributed by atoms with Gasteiger partial charge in [0.05, 0.1) is 18.3 Å². The average Bonchev–Trinajstić information content (AvgIpc) is 3.29. The number of ether oxygens (including phenoxy) is 1. The van der Waals surface area contributed by atoms with Gasteiger partial charge >= 0.3 is 0 Å². The predicted molar refractivity (Wildman–Crippen MR) is 119 cm³/mol. The normalized spacial score (nSPS) is 52.2. The van der Waals surface area contributed by atoms with Gasteiger partial charge in [-0.2, -0.15) is 0 Å². The van der Waals surface area contributed by atoms with Crippen molar-refractivity contribution in [3.8, 4) is 0 Å². The largest absolute Gasteiger partial charge is 0.393 e. The third-order valence-corrected chi connectivity index (χ3v) is 10.8. The molecule has 9 atom stereocenters. The molecule has 0 amide bonds. The minimum absolute atomic E-state index is 0.0836. The van der Waals surface area contributed by atoms with Crippen LogP contribution in [0.3, 0.4) is 0 Å². The monoisotopic (exact) mass is 400 g/mol. The van der Waals surface area contributed by atoms with Crippen molar-refractivity contribution in [3.63, 3.8) is 0 Å². The zero-order chi connectivity index (χ0) is 20.4. The van der Waals surface area contributed by atoms with Gasteiger partial charge in [-0.05, 0) is 105 Å². The molecule has 5 aliphatic rings. The summed E-state index contributed by atoms with van der Waals surface area (Å²) in [4.78, 5) is 0. The molecule has 1 unspecified atom stereocenters. The van der Waals surface area contributed by atoms with Crippen LogP contribution >= 0.6 is 0 Å². The van der Waals surface area contributed by atoms with Gasteiger partial charge in [0.15, 0.2) is 0 Å². The lowest BCUT2D eigenvalue weighted by molar-refractivity contribution is -0.0573. The number of aliphatic hydroxyl groups excluding tert-OH is 1. The first-order valence-electron chi connectivity index (χ1n) is 12.8. The Morgan fingerprint density at radius 3 is 2.66 bits per heavy atom. The molecule has 0 radical (unpaired) electrons. The number of hydrogen-bond donors (Lipinski definition) is 1. The summed E-state index contributed by atoms with van der Waals surface area (Å²) in [5.74, 6) is 4.48. The molecule has 164 valence electrons. The minimum atomic E-state index is -0.0836. The van der Waals surface area contributed by atoms with E-state index in [0.29, 0.717) is 10.8 Å². The molecular formula is C27H44O2. The van der Waals surface area contributed by atoms with Gasteiger partial charge in [0.25, 0.3) is 0 Å². The SMILES string of the molecule is C[C@H](CCCC1(C)CO1)[C@H]1CC[C@H]2[C@@H]3CC=C4C[C@@H](O)CC[C@]4(C)[C@H]3CC[C@]12C. The predicted octanol–water partition coefficient (Wildman–Crippen LogP) is 6.52. The lowest BCUT2D eigenvalue weighted by atomic mass is 9.47. The third kappa shape index (κ3) is 3.36. The van der Waals surface area contributed by atoms with Crippen molar-refractivity contribution in [1.29, 1.82) is 0 Å². The molecule has 1 heterocycles. The zero-order valence-electron chi connectivity index (χ0n) is 19.4. The molecule has 5 rings (SSSR count). The summed E-state index contributed by atoms with van der Waals surface area (Å²) in [6, 6.07) is 0. The first-order chi connectivity index (χ1) is 13.8.